The monoisotopic (exact) mass is 178 g/mol. The van der Waals surface area contributed by atoms with E-state index in [9.17, 15) is 0 Å². The number of benzene rings is 1. The smallest absolute Gasteiger partial charge is 0.142 e. The van der Waals surface area contributed by atoms with Gasteiger partial charge in [0.1, 0.15) is 5.75 Å². The second-order valence-corrected chi connectivity index (χ2v) is 3.14. The third-order valence-corrected chi connectivity index (χ3v) is 1.75. The Labute approximate surface area is 80.1 Å². The van der Waals surface area contributed by atoms with Gasteiger partial charge in [-0.25, -0.2) is 0 Å². The van der Waals surface area contributed by atoms with E-state index in [1.165, 1.54) is 0 Å². The van der Waals surface area contributed by atoms with E-state index in [1.54, 1.807) is 0 Å². The molecule has 0 aliphatic rings. The summed E-state index contributed by atoms with van der Waals surface area (Å²) in [5, 5.41) is 0. The van der Waals surface area contributed by atoms with Crippen LogP contribution in [0.4, 0.5) is 5.69 Å². The number of anilines is 1. The summed E-state index contributed by atoms with van der Waals surface area (Å²) in [6, 6.07) is 8.80. The van der Waals surface area contributed by atoms with Gasteiger partial charge >= 0.3 is 0 Å². The van der Waals surface area contributed by atoms with E-state index in [-0.39, 0.29) is 0 Å². The molecule has 0 saturated carbocycles. The van der Waals surface area contributed by atoms with E-state index in [0.717, 1.165) is 24.5 Å². The lowest BCUT2D eigenvalue weighted by atomic mass is 10.3. The van der Waals surface area contributed by atoms with Crippen molar-refractivity contribution in [2.45, 2.75) is 13.3 Å². The van der Waals surface area contributed by atoms with Crippen molar-refractivity contribution in [3.8, 4) is 5.75 Å². The molecule has 0 saturated heterocycles. The lowest BCUT2D eigenvalue weighted by Gasteiger charge is -2.16. The van der Waals surface area contributed by atoms with Gasteiger partial charge in [0.25, 0.3) is 0 Å². The minimum absolute atomic E-state index is 0.769. The normalized spacial score (nSPS) is 9.77. The van der Waals surface area contributed by atoms with Crippen LogP contribution in [0.15, 0.2) is 18.2 Å². The lowest BCUT2D eigenvalue weighted by molar-refractivity contribution is 0.318. The van der Waals surface area contributed by atoms with Gasteiger partial charge in [0.05, 0.1) is 12.3 Å². The highest BCUT2D eigenvalue weighted by Gasteiger charge is 2.03. The van der Waals surface area contributed by atoms with Crippen LogP contribution in [0.2, 0.25) is 0 Å². The van der Waals surface area contributed by atoms with Gasteiger partial charge in [-0.3, -0.25) is 0 Å². The summed E-state index contributed by atoms with van der Waals surface area (Å²) in [5.74, 6) is 0.936. The van der Waals surface area contributed by atoms with Crippen molar-refractivity contribution in [1.29, 1.82) is 0 Å². The largest absolute Gasteiger partial charge is 0.491 e. The van der Waals surface area contributed by atoms with Gasteiger partial charge in [-0.15, -0.1) is 0 Å². The number of rotatable bonds is 4. The fourth-order valence-electron chi connectivity index (χ4n) is 1.09. The molecule has 2 nitrogen and oxygen atoms in total. The first kappa shape index (κ1) is 9.90. The van der Waals surface area contributed by atoms with Crippen molar-refractivity contribution in [1.82, 2.24) is 0 Å². The molecule has 1 aromatic rings. The van der Waals surface area contributed by atoms with Crippen molar-refractivity contribution in [2.24, 2.45) is 0 Å². The third-order valence-electron chi connectivity index (χ3n) is 1.75. The minimum atomic E-state index is 0.769. The molecular formula is C11H16NO. The van der Waals surface area contributed by atoms with Crippen LogP contribution in [0.3, 0.4) is 0 Å². The van der Waals surface area contributed by atoms with Crippen molar-refractivity contribution < 1.29 is 4.74 Å². The molecule has 71 valence electrons. The Bertz CT molecular complexity index is 258. The minimum Gasteiger partial charge on any atom is -0.491 e. The molecule has 0 spiro atoms. The van der Waals surface area contributed by atoms with Gasteiger partial charge in [0, 0.05) is 14.1 Å². The molecule has 0 heterocycles. The maximum atomic E-state index is 5.59. The zero-order valence-electron chi connectivity index (χ0n) is 8.50. The predicted octanol–water partition coefficient (Wildman–Crippen LogP) is 2.34. The number of nitrogens with zero attached hydrogens (tertiary/aromatic N) is 1. The van der Waals surface area contributed by atoms with Gasteiger partial charge in [0.2, 0.25) is 0 Å². The summed E-state index contributed by atoms with van der Waals surface area (Å²) >= 11 is 0. The maximum Gasteiger partial charge on any atom is 0.142 e. The number of hydrogen-bond acceptors (Lipinski definition) is 2. The number of ether oxygens (including phenoxy) is 1. The molecule has 0 atom stereocenters. The fourth-order valence-corrected chi connectivity index (χ4v) is 1.09. The molecule has 1 radical (unpaired) electrons. The second kappa shape index (κ2) is 4.75. The molecular weight excluding hydrogens is 162 g/mol. The van der Waals surface area contributed by atoms with Crippen LogP contribution >= 0.6 is 0 Å². The van der Waals surface area contributed by atoms with Crippen LogP contribution in [0, 0.1) is 6.07 Å². The molecule has 2 heteroatoms. The standard InChI is InChI=1S/C11H16NO/c1-4-9-13-11-8-6-5-7-10(11)12(2)3/h6-8H,4,9H2,1-3H3. The average Bonchev–Trinajstić information content (AvgIpc) is 2.15. The van der Waals surface area contributed by atoms with Gasteiger partial charge in [0.15, 0.2) is 0 Å². The molecule has 0 aliphatic heterocycles. The van der Waals surface area contributed by atoms with Gasteiger partial charge < -0.3 is 9.64 Å². The summed E-state index contributed by atoms with van der Waals surface area (Å²) < 4.78 is 5.59. The molecule has 0 fully saturated rings. The molecule has 0 amide bonds. The van der Waals surface area contributed by atoms with Crippen molar-refractivity contribution in [2.75, 3.05) is 25.6 Å². The first-order valence-corrected chi connectivity index (χ1v) is 4.56. The van der Waals surface area contributed by atoms with E-state index < -0.39 is 0 Å². The van der Waals surface area contributed by atoms with E-state index >= 15 is 0 Å². The quantitative estimate of drug-likeness (QED) is 0.701. The molecule has 13 heavy (non-hydrogen) atoms. The van der Waals surface area contributed by atoms with E-state index in [2.05, 4.69) is 13.0 Å². The lowest BCUT2D eigenvalue weighted by Crippen LogP contribution is -2.10. The zero-order chi connectivity index (χ0) is 9.68. The van der Waals surface area contributed by atoms with Crippen LogP contribution in [0.25, 0.3) is 0 Å². The molecule has 0 aromatic heterocycles. The predicted molar refractivity (Wildman–Crippen MR) is 55.4 cm³/mol. The Morgan fingerprint density at radius 1 is 1.46 bits per heavy atom. The Kier molecular flexibility index (Phi) is 3.62. The van der Waals surface area contributed by atoms with Crippen LogP contribution in [-0.2, 0) is 0 Å². The Hall–Kier alpha value is -1.18. The summed E-state index contributed by atoms with van der Waals surface area (Å²) in [6.07, 6.45) is 1.03. The van der Waals surface area contributed by atoms with Crippen LogP contribution < -0.4 is 9.64 Å². The van der Waals surface area contributed by atoms with Crippen molar-refractivity contribution in [3.63, 3.8) is 0 Å². The third kappa shape index (κ3) is 2.65. The maximum absolute atomic E-state index is 5.59. The Balaban J connectivity index is 2.78. The first-order valence-electron chi connectivity index (χ1n) is 4.56. The molecule has 1 aromatic carbocycles. The van der Waals surface area contributed by atoms with Gasteiger partial charge in [-0.05, 0) is 24.6 Å². The summed E-state index contributed by atoms with van der Waals surface area (Å²) in [4.78, 5) is 2.03. The molecule has 0 aliphatic carbocycles. The molecule has 1 rings (SSSR count). The van der Waals surface area contributed by atoms with E-state index in [1.807, 2.05) is 37.2 Å². The molecule has 0 bridgehead atoms. The van der Waals surface area contributed by atoms with Crippen molar-refractivity contribution >= 4 is 5.69 Å². The fraction of sp³-hybridized carbons (Fsp3) is 0.455. The summed E-state index contributed by atoms with van der Waals surface area (Å²) in [6.45, 7) is 2.87. The highest BCUT2D eigenvalue weighted by atomic mass is 16.5. The highest BCUT2D eigenvalue weighted by Crippen LogP contribution is 2.25. The second-order valence-electron chi connectivity index (χ2n) is 3.14. The Morgan fingerprint density at radius 2 is 2.23 bits per heavy atom. The van der Waals surface area contributed by atoms with Gasteiger partial charge in [-0.1, -0.05) is 13.0 Å². The number of hydrogen-bond donors (Lipinski definition) is 0. The topological polar surface area (TPSA) is 12.5 Å². The van der Waals surface area contributed by atoms with Gasteiger partial charge in [-0.2, -0.15) is 0 Å². The SMILES string of the molecule is CCCOc1cc[c]cc1N(C)C. The summed E-state index contributed by atoms with van der Waals surface area (Å²) in [5.41, 5.74) is 1.08. The van der Waals surface area contributed by atoms with Crippen molar-refractivity contribution in [3.05, 3.63) is 24.3 Å². The van der Waals surface area contributed by atoms with Crippen LogP contribution in [0.1, 0.15) is 13.3 Å². The molecule has 0 unspecified atom stereocenters. The first-order chi connectivity index (χ1) is 6.25. The van der Waals surface area contributed by atoms with Crippen LogP contribution in [0.5, 0.6) is 5.75 Å². The van der Waals surface area contributed by atoms with Crippen LogP contribution in [-0.4, -0.2) is 20.7 Å². The zero-order valence-corrected chi connectivity index (χ0v) is 8.50. The highest BCUT2D eigenvalue weighted by molar-refractivity contribution is 5.56. The average molecular weight is 178 g/mol. The summed E-state index contributed by atoms with van der Waals surface area (Å²) in [7, 11) is 4.00. The van der Waals surface area contributed by atoms with E-state index in [0.29, 0.717) is 0 Å². The molecule has 0 N–H and O–H groups in total. The van der Waals surface area contributed by atoms with E-state index in [4.69, 9.17) is 4.74 Å². The Morgan fingerprint density at radius 3 is 2.85 bits per heavy atom.